The number of fused-ring (bicyclic) bond motifs is 1. The van der Waals surface area contributed by atoms with E-state index in [4.69, 9.17) is 4.84 Å². The van der Waals surface area contributed by atoms with Crippen LogP contribution in [0.2, 0.25) is 0 Å². The fourth-order valence-electron chi connectivity index (χ4n) is 5.27. The topological polar surface area (TPSA) is 36.0 Å². The largest absolute Gasteiger partial charge is 0.312 e. The van der Waals surface area contributed by atoms with Crippen molar-refractivity contribution in [2.75, 3.05) is 50.8 Å². The van der Waals surface area contributed by atoms with Crippen molar-refractivity contribution in [3.05, 3.63) is 29.8 Å². The summed E-state index contributed by atoms with van der Waals surface area (Å²) < 4.78 is 0. The van der Waals surface area contributed by atoms with Crippen molar-refractivity contribution in [2.24, 2.45) is 5.92 Å². The van der Waals surface area contributed by atoms with E-state index < -0.39 is 0 Å². The number of rotatable bonds is 10. The molecule has 5 nitrogen and oxygen atoms in total. The molecule has 3 aliphatic rings. The monoisotopic (exact) mass is 413 g/mol. The standard InChI is InChI=1S/C25H39N3O2/c29-25-12-11-23-9-3-4-10-24(23)28(25)18-6-15-26-19-13-22(14-20-26)8-2-1-5-16-27-17-7-21-30-27/h3-4,9-10,22H,1-2,5-8,11-21H2. The molecule has 0 spiro atoms. The van der Waals surface area contributed by atoms with Crippen molar-refractivity contribution < 1.29 is 9.63 Å². The SMILES string of the molecule is O=C1CCc2ccccc2N1CCCN1CCC(CCCCCN2CCCO2)CC1. The number of benzene rings is 1. The predicted molar refractivity (Wildman–Crippen MR) is 122 cm³/mol. The van der Waals surface area contributed by atoms with Crippen LogP contribution in [0.4, 0.5) is 5.69 Å². The molecule has 5 heteroatoms. The quantitative estimate of drug-likeness (QED) is 0.537. The van der Waals surface area contributed by atoms with Gasteiger partial charge in [-0.05, 0) is 75.7 Å². The van der Waals surface area contributed by atoms with Crippen molar-refractivity contribution >= 4 is 11.6 Å². The molecule has 2 saturated heterocycles. The third kappa shape index (κ3) is 6.05. The van der Waals surface area contributed by atoms with Gasteiger partial charge in [0.2, 0.25) is 5.91 Å². The van der Waals surface area contributed by atoms with E-state index >= 15 is 0 Å². The molecule has 1 aromatic carbocycles. The molecule has 0 radical (unpaired) electrons. The summed E-state index contributed by atoms with van der Waals surface area (Å²) in [5, 5.41) is 2.15. The summed E-state index contributed by atoms with van der Waals surface area (Å²) in [6, 6.07) is 8.41. The van der Waals surface area contributed by atoms with E-state index in [9.17, 15) is 4.79 Å². The fourth-order valence-corrected chi connectivity index (χ4v) is 5.27. The first-order valence-corrected chi connectivity index (χ1v) is 12.3. The molecule has 0 unspecified atom stereocenters. The fraction of sp³-hybridized carbons (Fsp3) is 0.720. The van der Waals surface area contributed by atoms with Crippen LogP contribution < -0.4 is 4.90 Å². The van der Waals surface area contributed by atoms with Crippen LogP contribution in [0.5, 0.6) is 0 Å². The average molecular weight is 414 g/mol. The van der Waals surface area contributed by atoms with Crippen LogP contribution in [0.3, 0.4) is 0 Å². The van der Waals surface area contributed by atoms with Crippen LogP contribution >= 0.6 is 0 Å². The van der Waals surface area contributed by atoms with Gasteiger partial charge >= 0.3 is 0 Å². The zero-order valence-electron chi connectivity index (χ0n) is 18.6. The van der Waals surface area contributed by atoms with Crippen molar-refractivity contribution in [3.63, 3.8) is 0 Å². The summed E-state index contributed by atoms with van der Waals surface area (Å²) in [5.41, 5.74) is 2.47. The molecule has 0 bridgehead atoms. The third-order valence-electron chi connectivity index (χ3n) is 7.10. The van der Waals surface area contributed by atoms with Crippen LogP contribution in [0.25, 0.3) is 0 Å². The number of hydrogen-bond donors (Lipinski definition) is 0. The molecule has 0 aliphatic carbocycles. The number of piperidine rings is 1. The van der Waals surface area contributed by atoms with E-state index in [0.717, 1.165) is 57.2 Å². The highest BCUT2D eigenvalue weighted by atomic mass is 16.7. The number of amides is 1. The Morgan fingerprint density at radius 1 is 0.900 bits per heavy atom. The average Bonchev–Trinajstić information content (AvgIpc) is 3.30. The first-order valence-electron chi connectivity index (χ1n) is 12.3. The minimum absolute atomic E-state index is 0.295. The number of aryl methyl sites for hydroxylation is 1. The second kappa shape index (κ2) is 11.3. The van der Waals surface area contributed by atoms with E-state index in [0.29, 0.717) is 12.3 Å². The van der Waals surface area contributed by atoms with Crippen molar-refractivity contribution in [1.29, 1.82) is 0 Å². The summed E-state index contributed by atoms with van der Waals surface area (Å²) in [7, 11) is 0. The molecular formula is C25H39N3O2. The Balaban J connectivity index is 1.08. The molecule has 1 aromatic rings. The van der Waals surface area contributed by atoms with Gasteiger partial charge in [0, 0.05) is 31.7 Å². The Labute approximate surface area is 182 Å². The molecular weight excluding hydrogens is 374 g/mol. The maximum absolute atomic E-state index is 12.4. The van der Waals surface area contributed by atoms with Crippen LogP contribution in [0.1, 0.15) is 63.4 Å². The number of nitrogens with zero attached hydrogens (tertiary/aromatic N) is 3. The summed E-state index contributed by atoms with van der Waals surface area (Å²) in [4.78, 5) is 22.6. The van der Waals surface area contributed by atoms with Gasteiger partial charge in [0.25, 0.3) is 0 Å². The van der Waals surface area contributed by atoms with E-state index in [1.54, 1.807) is 0 Å². The maximum atomic E-state index is 12.4. The molecule has 1 amide bonds. The van der Waals surface area contributed by atoms with Gasteiger partial charge in [-0.2, -0.15) is 5.06 Å². The maximum Gasteiger partial charge on any atom is 0.227 e. The number of anilines is 1. The van der Waals surface area contributed by atoms with Gasteiger partial charge in [0.1, 0.15) is 0 Å². The van der Waals surface area contributed by atoms with Gasteiger partial charge in [-0.15, -0.1) is 0 Å². The minimum atomic E-state index is 0.295. The Morgan fingerprint density at radius 3 is 2.60 bits per heavy atom. The number of hydrogen-bond acceptors (Lipinski definition) is 4. The molecule has 0 saturated carbocycles. The van der Waals surface area contributed by atoms with Gasteiger partial charge in [0.05, 0.1) is 6.61 Å². The second-order valence-electron chi connectivity index (χ2n) is 9.28. The first kappa shape index (κ1) is 21.8. The number of carbonyl (C=O) groups excluding carboxylic acids is 1. The Bertz CT molecular complexity index is 666. The van der Waals surface area contributed by atoms with Crippen LogP contribution in [-0.2, 0) is 16.1 Å². The highest BCUT2D eigenvalue weighted by molar-refractivity contribution is 5.96. The van der Waals surface area contributed by atoms with E-state index in [1.165, 1.54) is 63.6 Å². The summed E-state index contributed by atoms with van der Waals surface area (Å²) in [6.07, 6.45) is 11.9. The van der Waals surface area contributed by atoms with Crippen molar-refractivity contribution in [2.45, 2.75) is 64.2 Å². The lowest BCUT2D eigenvalue weighted by Gasteiger charge is -2.33. The molecule has 0 N–H and O–H groups in total. The summed E-state index contributed by atoms with van der Waals surface area (Å²) >= 11 is 0. The third-order valence-corrected chi connectivity index (χ3v) is 7.10. The van der Waals surface area contributed by atoms with E-state index in [1.807, 2.05) is 4.90 Å². The van der Waals surface area contributed by atoms with Gasteiger partial charge in [-0.25, -0.2) is 0 Å². The second-order valence-corrected chi connectivity index (χ2v) is 9.28. The lowest BCUT2D eigenvalue weighted by molar-refractivity contribution is -0.118. The van der Waals surface area contributed by atoms with Gasteiger partial charge in [0.15, 0.2) is 0 Å². The Morgan fingerprint density at radius 2 is 1.77 bits per heavy atom. The van der Waals surface area contributed by atoms with E-state index in [-0.39, 0.29) is 0 Å². The zero-order chi connectivity index (χ0) is 20.6. The molecule has 3 heterocycles. The number of para-hydroxylation sites is 1. The molecule has 0 aromatic heterocycles. The molecule has 3 aliphatic heterocycles. The van der Waals surface area contributed by atoms with Gasteiger partial charge in [-0.3, -0.25) is 9.63 Å². The van der Waals surface area contributed by atoms with Crippen LogP contribution in [0, 0.1) is 5.92 Å². The summed E-state index contributed by atoms with van der Waals surface area (Å²) in [5.74, 6) is 1.21. The first-order chi connectivity index (χ1) is 14.8. The van der Waals surface area contributed by atoms with Crippen LogP contribution in [0.15, 0.2) is 24.3 Å². The molecule has 2 fully saturated rings. The normalized spacial score (nSPS) is 21.3. The Hall–Kier alpha value is -1.43. The number of carbonyl (C=O) groups is 1. The van der Waals surface area contributed by atoms with E-state index in [2.05, 4.69) is 34.2 Å². The van der Waals surface area contributed by atoms with Crippen molar-refractivity contribution in [3.8, 4) is 0 Å². The zero-order valence-corrected chi connectivity index (χ0v) is 18.6. The smallest absolute Gasteiger partial charge is 0.227 e. The lowest BCUT2D eigenvalue weighted by atomic mass is 9.91. The highest BCUT2D eigenvalue weighted by Crippen LogP contribution is 2.28. The van der Waals surface area contributed by atoms with Crippen LogP contribution in [-0.4, -0.2) is 61.7 Å². The summed E-state index contributed by atoms with van der Waals surface area (Å²) in [6.45, 7) is 7.60. The highest BCUT2D eigenvalue weighted by Gasteiger charge is 2.24. The Kier molecular flexibility index (Phi) is 8.18. The lowest BCUT2D eigenvalue weighted by Crippen LogP contribution is -2.39. The molecule has 0 atom stereocenters. The van der Waals surface area contributed by atoms with Gasteiger partial charge in [-0.1, -0.05) is 37.5 Å². The van der Waals surface area contributed by atoms with Gasteiger partial charge < -0.3 is 9.80 Å². The number of hydroxylamine groups is 2. The molecule has 30 heavy (non-hydrogen) atoms. The number of likely N-dealkylation sites (tertiary alicyclic amines) is 1. The predicted octanol–water partition coefficient (Wildman–Crippen LogP) is 4.27. The molecule has 166 valence electrons. The van der Waals surface area contributed by atoms with Crippen molar-refractivity contribution in [1.82, 2.24) is 9.96 Å². The number of unbranched alkanes of at least 4 members (excludes halogenated alkanes) is 2. The molecule has 4 rings (SSSR count). The minimum Gasteiger partial charge on any atom is -0.312 e.